The van der Waals surface area contributed by atoms with Crippen molar-refractivity contribution in [3.05, 3.63) is 55.8 Å². The summed E-state index contributed by atoms with van der Waals surface area (Å²) >= 11 is 6.18. The lowest BCUT2D eigenvalue weighted by Crippen LogP contribution is -2.25. The number of hydrogen-bond acceptors (Lipinski definition) is 6. The number of hydrogen-bond donors (Lipinski definition) is 2. The molecule has 3 N–H and O–H groups in total. The van der Waals surface area contributed by atoms with Gasteiger partial charge in [0.25, 0.3) is 17.4 Å². The third-order valence-corrected chi connectivity index (χ3v) is 4.26. The molecule has 0 unspecified atom stereocenters. The summed E-state index contributed by atoms with van der Waals surface area (Å²) in [6.45, 7) is 0.0525. The summed E-state index contributed by atoms with van der Waals surface area (Å²) in [6, 6.07) is 4.10. The number of ether oxygens (including phenoxy) is 1. The first-order valence-corrected chi connectivity index (χ1v) is 7.18. The molecule has 0 fully saturated rings. The van der Waals surface area contributed by atoms with Crippen molar-refractivity contribution in [3.63, 3.8) is 0 Å². The highest BCUT2D eigenvalue weighted by Crippen LogP contribution is 2.34. The van der Waals surface area contributed by atoms with Gasteiger partial charge < -0.3 is 10.5 Å². The molecule has 2 aliphatic rings. The number of nitrogens with two attached hydrogens (primary N) is 1. The van der Waals surface area contributed by atoms with Crippen molar-refractivity contribution in [1.29, 1.82) is 0 Å². The number of pyridine rings is 1. The predicted molar refractivity (Wildman–Crippen MR) is 82.4 cm³/mol. The van der Waals surface area contributed by atoms with Crippen molar-refractivity contribution >= 4 is 35.2 Å². The summed E-state index contributed by atoms with van der Waals surface area (Å²) in [5.74, 6) is -2.33. The number of nitrogens with one attached hydrogen (secondary N) is 1. The molecule has 0 radical (unpaired) electrons. The van der Waals surface area contributed by atoms with Gasteiger partial charge in [0.05, 0.1) is 27.4 Å². The van der Waals surface area contributed by atoms with Gasteiger partial charge in [-0.05, 0) is 6.07 Å². The number of imide groups is 1. The molecule has 0 aliphatic carbocycles. The zero-order valence-electron chi connectivity index (χ0n) is 11.9. The third kappa shape index (κ3) is 1.74. The molecule has 3 heterocycles. The number of carbonyl (C=O) groups is 3. The summed E-state index contributed by atoms with van der Waals surface area (Å²) in [5.41, 5.74) is 5.74. The molecule has 9 heteroatoms. The Morgan fingerprint density at radius 3 is 2.62 bits per heavy atom. The normalized spacial score (nSPS) is 15.1. The molecule has 0 saturated heterocycles. The smallest absolute Gasteiger partial charge is 0.341 e. The van der Waals surface area contributed by atoms with Gasteiger partial charge in [-0.1, -0.05) is 17.7 Å². The summed E-state index contributed by atoms with van der Waals surface area (Å²) in [4.78, 5) is 48.1. The van der Waals surface area contributed by atoms with E-state index in [1.165, 1.54) is 6.07 Å². The topological polar surface area (TPSA) is 120 Å². The van der Waals surface area contributed by atoms with Crippen LogP contribution in [-0.4, -0.2) is 22.4 Å². The van der Waals surface area contributed by atoms with Gasteiger partial charge in [-0.15, -0.1) is 0 Å². The van der Waals surface area contributed by atoms with E-state index >= 15 is 0 Å². The Hall–Kier alpha value is -3.13. The van der Waals surface area contributed by atoms with Crippen molar-refractivity contribution in [3.8, 4) is 5.69 Å². The minimum Gasteiger partial charge on any atom is -0.457 e. The van der Waals surface area contributed by atoms with E-state index in [-0.39, 0.29) is 39.8 Å². The number of carbonyl (C=O) groups excluding carboxylic acids is 3. The number of fused-ring (bicyclic) bond motifs is 2. The van der Waals surface area contributed by atoms with E-state index in [1.807, 2.05) is 0 Å². The van der Waals surface area contributed by atoms with E-state index in [0.717, 1.165) is 10.6 Å². The van der Waals surface area contributed by atoms with E-state index in [2.05, 4.69) is 5.32 Å². The fourth-order valence-corrected chi connectivity index (χ4v) is 3.14. The maximum Gasteiger partial charge on any atom is 0.341 e. The van der Waals surface area contributed by atoms with Crippen LogP contribution >= 0.6 is 11.6 Å². The van der Waals surface area contributed by atoms with E-state index in [9.17, 15) is 19.2 Å². The molecule has 8 nitrogen and oxygen atoms in total. The number of anilines is 1. The van der Waals surface area contributed by atoms with E-state index in [1.54, 1.807) is 6.07 Å². The molecule has 2 aromatic rings. The molecule has 1 aromatic heterocycles. The van der Waals surface area contributed by atoms with Crippen LogP contribution < -0.4 is 16.6 Å². The van der Waals surface area contributed by atoms with Gasteiger partial charge in [0.1, 0.15) is 12.4 Å². The maximum atomic E-state index is 12.5. The van der Waals surface area contributed by atoms with Gasteiger partial charge in [0.2, 0.25) is 0 Å². The second-order valence-electron chi connectivity index (χ2n) is 5.28. The first-order chi connectivity index (χ1) is 11.4. The minimum atomic E-state index is -0.715. The summed E-state index contributed by atoms with van der Waals surface area (Å²) in [7, 11) is 0. The molecular formula is C15H8ClN3O5. The monoisotopic (exact) mass is 345 g/mol. The van der Waals surface area contributed by atoms with Gasteiger partial charge in [0.15, 0.2) is 0 Å². The zero-order chi connectivity index (χ0) is 17.2. The molecule has 0 atom stereocenters. The van der Waals surface area contributed by atoms with Crippen LogP contribution in [0.15, 0.2) is 23.0 Å². The number of halogens is 1. The molecule has 2 aliphatic heterocycles. The van der Waals surface area contributed by atoms with E-state index in [0.29, 0.717) is 5.56 Å². The Labute approximate surface area is 138 Å². The third-order valence-electron chi connectivity index (χ3n) is 3.95. The molecule has 0 saturated carbocycles. The fraction of sp³-hybridized carbons (Fsp3) is 0.0667. The van der Waals surface area contributed by atoms with Gasteiger partial charge in [-0.3, -0.25) is 24.3 Å². The molecule has 1 aromatic carbocycles. The molecule has 120 valence electrons. The second kappa shape index (κ2) is 4.68. The van der Waals surface area contributed by atoms with Crippen LogP contribution in [0.5, 0.6) is 0 Å². The maximum absolute atomic E-state index is 12.5. The number of nitrogen functional groups attached to an aromatic ring is 1. The Bertz CT molecular complexity index is 1040. The number of amides is 2. The lowest BCUT2D eigenvalue weighted by molar-refractivity contribution is 0.0534. The van der Waals surface area contributed by atoms with E-state index in [4.69, 9.17) is 22.1 Å². The van der Waals surface area contributed by atoms with Crippen LogP contribution in [-0.2, 0) is 11.3 Å². The van der Waals surface area contributed by atoms with Crippen molar-refractivity contribution in [2.24, 2.45) is 0 Å². The number of aromatic nitrogens is 1. The lowest BCUT2D eigenvalue weighted by Gasteiger charge is -2.15. The largest absolute Gasteiger partial charge is 0.457 e. The van der Waals surface area contributed by atoms with Gasteiger partial charge >= 0.3 is 5.97 Å². The Morgan fingerprint density at radius 2 is 1.88 bits per heavy atom. The first-order valence-electron chi connectivity index (χ1n) is 6.80. The van der Waals surface area contributed by atoms with Gasteiger partial charge in [0, 0.05) is 11.6 Å². The number of nitrogens with zero attached hydrogens (tertiary/aromatic N) is 1. The highest BCUT2D eigenvalue weighted by Gasteiger charge is 2.34. The quantitative estimate of drug-likeness (QED) is 0.577. The van der Waals surface area contributed by atoms with Crippen LogP contribution in [0.25, 0.3) is 5.69 Å². The Balaban J connectivity index is 2.12. The standard InChI is InChI=1S/C15H8ClN3O5/c16-7-2-1-5-4-24-15(23)9(5)11(7)19-8(20)3-6-10(12(19)17)14(22)18-13(6)21/h1-3H,4,17H2,(H,18,21,22). The number of benzene rings is 1. The van der Waals surface area contributed by atoms with Crippen molar-refractivity contribution in [2.75, 3.05) is 5.73 Å². The second-order valence-corrected chi connectivity index (χ2v) is 5.69. The predicted octanol–water partition coefficient (Wildman–Crippen LogP) is 0.627. The average Bonchev–Trinajstić information content (AvgIpc) is 3.02. The Kier molecular flexibility index (Phi) is 2.82. The molecule has 24 heavy (non-hydrogen) atoms. The molecule has 0 bridgehead atoms. The fourth-order valence-electron chi connectivity index (χ4n) is 2.90. The molecule has 0 spiro atoms. The molecular weight excluding hydrogens is 338 g/mol. The van der Waals surface area contributed by atoms with Gasteiger partial charge in [-0.2, -0.15) is 0 Å². The molecule has 2 amide bonds. The lowest BCUT2D eigenvalue weighted by atomic mass is 10.1. The van der Waals surface area contributed by atoms with Crippen molar-refractivity contribution in [1.82, 2.24) is 9.88 Å². The summed E-state index contributed by atoms with van der Waals surface area (Å²) in [5, 5.41) is 2.16. The highest BCUT2D eigenvalue weighted by molar-refractivity contribution is 6.33. The van der Waals surface area contributed by atoms with Crippen LogP contribution in [0.1, 0.15) is 36.6 Å². The zero-order valence-corrected chi connectivity index (χ0v) is 12.6. The van der Waals surface area contributed by atoms with Crippen LogP contribution in [0.3, 0.4) is 0 Å². The SMILES string of the molecule is Nc1c2c(cc(=O)n1-c1c(Cl)ccc3c1C(=O)OC3)C(=O)NC2=O. The molecule has 4 rings (SSSR count). The Morgan fingerprint density at radius 1 is 1.12 bits per heavy atom. The van der Waals surface area contributed by atoms with Crippen molar-refractivity contribution in [2.45, 2.75) is 6.61 Å². The average molecular weight is 346 g/mol. The van der Waals surface area contributed by atoms with E-state index < -0.39 is 23.3 Å². The van der Waals surface area contributed by atoms with Crippen molar-refractivity contribution < 1.29 is 19.1 Å². The first kappa shape index (κ1) is 14.5. The van der Waals surface area contributed by atoms with Gasteiger partial charge in [-0.25, -0.2) is 4.79 Å². The highest BCUT2D eigenvalue weighted by atomic mass is 35.5. The van der Waals surface area contributed by atoms with Crippen LogP contribution in [0, 0.1) is 0 Å². The number of cyclic esters (lactones) is 1. The number of rotatable bonds is 1. The van der Waals surface area contributed by atoms with Crippen LogP contribution in [0.2, 0.25) is 5.02 Å². The minimum absolute atomic E-state index is 0.0362. The number of esters is 1. The van der Waals surface area contributed by atoms with Crippen LogP contribution in [0.4, 0.5) is 5.82 Å². The summed E-state index contributed by atoms with van der Waals surface area (Å²) < 4.78 is 5.91. The summed E-state index contributed by atoms with van der Waals surface area (Å²) in [6.07, 6.45) is 0.